The highest BCUT2D eigenvalue weighted by molar-refractivity contribution is 7.91. The van der Waals surface area contributed by atoms with Crippen LogP contribution in [0.2, 0.25) is 0 Å². The first kappa shape index (κ1) is 11.9. The Morgan fingerprint density at radius 1 is 1.53 bits per heavy atom. The van der Waals surface area contributed by atoms with E-state index in [0.717, 1.165) is 0 Å². The first-order valence-corrected chi connectivity index (χ1v) is 7.13. The highest BCUT2D eigenvalue weighted by Crippen LogP contribution is 2.21. The maximum Gasteiger partial charge on any atom is 0.152 e. The zero-order valence-corrected chi connectivity index (χ0v) is 10.3. The lowest BCUT2D eigenvalue weighted by Gasteiger charge is -2.24. The van der Waals surface area contributed by atoms with Crippen molar-refractivity contribution in [2.45, 2.75) is 12.5 Å². The molecule has 0 aromatic carbocycles. The van der Waals surface area contributed by atoms with Gasteiger partial charge >= 0.3 is 0 Å². The highest BCUT2D eigenvalue weighted by Gasteiger charge is 2.31. The van der Waals surface area contributed by atoms with E-state index >= 15 is 0 Å². The molecule has 1 aromatic rings. The summed E-state index contributed by atoms with van der Waals surface area (Å²) in [5, 5.41) is 8.66. The summed E-state index contributed by atoms with van der Waals surface area (Å²) < 4.78 is 22.8. The number of nitriles is 1. The number of hydrogen-bond donors (Lipinski definition) is 0. The van der Waals surface area contributed by atoms with E-state index in [4.69, 9.17) is 5.26 Å². The van der Waals surface area contributed by atoms with Gasteiger partial charge in [0.1, 0.15) is 11.9 Å². The predicted octanol–water partition coefficient (Wildman–Crippen LogP) is 0.577. The maximum absolute atomic E-state index is 11.4. The third-order valence-electron chi connectivity index (χ3n) is 2.99. The van der Waals surface area contributed by atoms with Crippen molar-refractivity contribution in [2.24, 2.45) is 0 Å². The molecule has 1 fully saturated rings. The number of pyridine rings is 1. The van der Waals surface area contributed by atoms with Crippen LogP contribution in [0.5, 0.6) is 0 Å². The van der Waals surface area contributed by atoms with Crippen LogP contribution >= 0.6 is 0 Å². The Kier molecular flexibility index (Phi) is 3.03. The molecule has 5 nitrogen and oxygen atoms in total. The van der Waals surface area contributed by atoms with Crippen molar-refractivity contribution in [1.82, 2.24) is 4.98 Å². The molecule has 1 aromatic heterocycles. The Morgan fingerprint density at radius 3 is 2.76 bits per heavy atom. The van der Waals surface area contributed by atoms with Crippen molar-refractivity contribution in [1.29, 1.82) is 5.26 Å². The fraction of sp³-hybridized carbons (Fsp3) is 0.455. The van der Waals surface area contributed by atoms with Gasteiger partial charge in [0, 0.05) is 19.3 Å². The summed E-state index contributed by atoms with van der Waals surface area (Å²) in [6, 6.07) is 5.41. The van der Waals surface area contributed by atoms with Crippen LogP contribution in [0.15, 0.2) is 18.3 Å². The predicted molar refractivity (Wildman–Crippen MR) is 64.4 cm³/mol. The molecule has 17 heavy (non-hydrogen) atoms. The van der Waals surface area contributed by atoms with Crippen LogP contribution in [0.1, 0.15) is 12.0 Å². The van der Waals surface area contributed by atoms with Gasteiger partial charge in [-0.2, -0.15) is 5.26 Å². The van der Waals surface area contributed by atoms with Crippen LogP contribution in [-0.4, -0.2) is 38.0 Å². The smallest absolute Gasteiger partial charge is 0.152 e. The van der Waals surface area contributed by atoms with Crippen LogP contribution < -0.4 is 4.90 Å². The van der Waals surface area contributed by atoms with E-state index in [1.807, 2.05) is 18.0 Å². The fourth-order valence-electron chi connectivity index (χ4n) is 1.93. The zero-order valence-electron chi connectivity index (χ0n) is 9.50. The molecular formula is C11H13N3O2S. The minimum absolute atomic E-state index is 0.0135. The third kappa shape index (κ3) is 2.56. The molecule has 0 amide bonds. The third-order valence-corrected chi connectivity index (χ3v) is 4.74. The molecule has 0 saturated carbocycles. The minimum atomic E-state index is -2.88. The lowest BCUT2D eigenvalue weighted by Crippen LogP contribution is -2.33. The number of anilines is 1. The summed E-state index contributed by atoms with van der Waals surface area (Å²) in [5.41, 5.74) is 0.501. The summed E-state index contributed by atoms with van der Waals surface area (Å²) in [4.78, 5) is 6.02. The lowest BCUT2D eigenvalue weighted by molar-refractivity contribution is 0.600. The molecule has 1 aliphatic heterocycles. The highest BCUT2D eigenvalue weighted by atomic mass is 32.2. The van der Waals surface area contributed by atoms with Crippen LogP contribution in [0.25, 0.3) is 0 Å². The Labute approximate surface area is 101 Å². The first-order chi connectivity index (χ1) is 8.02. The van der Waals surface area contributed by atoms with E-state index in [1.54, 1.807) is 12.1 Å². The monoisotopic (exact) mass is 251 g/mol. The molecule has 1 unspecified atom stereocenters. The van der Waals surface area contributed by atoms with Gasteiger partial charge in [-0.25, -0.2) is 13.4 Å². The molecule has 6 heteroatoms. The number of aromatic nitrogens is 1. The molecule has 90 valence electrons. The van der Waals surface area contributed by atoms with Gasteiger partial charge in [0.2, 0.25) is 0 Å². The largest absolute Gasteiger partial charge is 0.356 e. The molecule has 0 bridgehead atoms. The number of hydrogen-bond acceptors (Lipinski definition) is 5. The van der Waals surface area contributed by atoms with Crippen LogP contribution in [-0.2, 0) is 9.84 Å². The lowest BCUT2D eigenvalue weighted by atomic mass is 10.2. The van der Waals surface area contributed by atoms with Gasteiger partial charge in [0.15, 0.2) is 9.84 Å². The van der Waals surface area contributed by atoms with E-state index in [1.165, 1.54) is 6.20 Å². The van der Waals surface area contributed by atoms with Gasteiger partial charge in [-0.1, -0.05) is 0 Å². The summed E-state index contributed by atoms with van der Waals surface area (Å²) in [5.74, 6) is 1.13. The van der Waals surface area contributed by atoms with E-state index in [2.05, 4.69) is 4.98 Å². The number of rotatable bonds is 2. The average molecular weight is 251 g/mol. The number of nitrogens with zero attached hydrogens (tertiary/aromatic N) is 3. The summed E-state index contributed by atoms with van der Waals surface area (Å²) >= 11 is 0. The Bertz CT molecular complexity index is 545. The summed E-state index contributed by atoms with van der Waals surface area (Å²) in [7, 11) is -1.05. The van der Waals surface area contributed by atoms with E-state index in [0.29, 0.717) is 17.8 Å². The zero-order chi connectivity index (χ0) is 12.5. The molecule has 0 N–H and O–H groups in total. The summed E-state index contributed by atoms with van der Waals surface area (Å²) in [6.45, 7) is 0. The molecule has 1 saturated heterocycles. The van der Waals surface area contributed by atoms with Crippen molar-refractivity contribution >= 4 is 15.7 Å². The molecule has 2 heterocycles. The van der Waals surface area contributed by atoms with Crippen molar-refractivity contribution in [2.75, 3.05) is 23.5 Å². The van der Waals surface area contributed by atoms with Crippen molar-refractivity contribution < 1.29 is 8.42 Å². The number of sulfone groups is 1. The fourth-order valence-corrected chi connectivity index (χ4v) is 3.70. The van der Waals surface area contributed by atoms with E-state index in [9.17, 15) is 8.42 Å². The topological polar surface area (TPSA) is 74.1 Å². The minimum Gasteiger partial charge on any atom is -0.356 e. The van der Waals surface area contributed by atoms with Gasteiger partial charge in [0.05, 0.1) is 17.1 Å². The van der Waals surface area contributed by atoms with Crippen molar-refractivity contribution in [3.63, 3.8) is 0 Å². The van der Waals surface area contributed by atoms with Crippen molar-refractivity contribution in [3.05, 3.63) is 23.9 Å². The van der Waals surface area contributed by atoms with E-state index in [-0.39, 0.29) is 17.5 Å². The summed E-state index contributed by atoms with van der Waals surface area (Å²) in [6.07, 6.45) is 2.13. The van der Waals surface area contributed by atoms with Gasteiger partial charge in [-0.15, -0.1) is 0 Å². The maximum atomic E-state index is 11.4. The molecule has 1 atom stereocenters. The molecule has 0 radical (unpaired) electrons. The quantitative estimate of drug-likeness (QED) is 0.768. The Hall–Kier alpha value is -1.61. The average Bonchev–Trinajstić information content (AvgIpc) is 2.69. The van der Waals surface area contributed by atoms with Gasteiger partial charge in [0.25, 0.3) is 0 Å². The normalized spacial score (nSPS) is 22.0. The Balaban J connectivity index is 2.15. The van der Waals surface area contributed by atoms with Crippen molar-refractivity contribution in [3.8, 4) is 6.07 Å². The Morgan fingerprint density at radius 2 is 2.29 bits per heavy atom. The molecule has 2 rings (SSSR count). The second kappa shape index (κ2) is 4.34. The molecule has 0 aliphatic carbocycles. The van der Waals surface area contributed by atoms with Crippen LogP contribution in [0.3, 0.4) is 0 Å². The second-order valence-electron chi connectivity index (χ2n) is 4.18. The van der Waals surface area contributed by atoms with Crippen LogP contribution in [0, 0.1) is 11.3 Å². The first-order valence-electron chi connectivity index (χ1n) is 5.31. The van der Waals surface area contributed by atoms with Crippen LogP contribution in [0.4, 0.5) is 5.82 Å². The van der Waals surface area contributed by atoms with Gasteiger partial charge < -0.3 is 4.90 Å². The van der Waals surface area contributed by atoms with E-state index < -0.39 is 9.84 Å². The molecule has 0 spiro atoms. The second-order valence-corrected chi connectivity index (χ2v) is 6.41. The molecule has 1 aliphatic rings. The SMILES string of the molecule is CN(c1ccc(C#N)cn1)C1CCS(=O)(=O)C1. The molecular weight excluding hydrogens is 238 g/mol. The van der Waals surface area contributed by atoms with Gasteiger partial charge in [-0.05, 0) is 18.6 Å². The van der Waals surface area contributed by atoms with Gasteiger partial charge in [-0.3, -0.25) is 0 Å². The standard InChI is InChI=1S/C11H13N3O2S/c1-14(10-4-5-17(15,16)8-10)11-3-2-9(6-12)7-13-11/h2-3,7,10H,4-5,8H2,1H3.